The number of aryl methyl sites for hydroxylation is 1. The smallest absolute Gasteiger partial charge is 0.300 e. The molecule has 1 N–H and O–H groups in total. The molecule has 1 unspecified atom stereocenters. The van der Waals surface area contributed by atoms with Crippen LogP contribution < -0.4 is 9.64 Å². The summed E-state index contributed by atoms with van der Waals surface area (Å²) in [7, 11) is 1.53. The van der Waals surface area contributed by atoms with Gasteiger partial charge in [0, 0.05) is 11.3 Å². The molecule has 3 aromatic carbocycles. The minimum Gasteiger partial charge on any atom is -0.507 e. The molecule has 4 rings (SSSR count). The number of Topliss-reactive ketones (excluding diaryl/α,β-unsaturated/α-hetero) is 1. The van der Waals surface area contributed by atoms with Crippen molar-refractivity contribution in [3.05, 3.63) is 101 Å². The van der Waals surface area contributed by atoms with Crippen LogP contribution in [0.3, 0.4) is 0 Å². The summed E-state index contributed by atoms with van der Waals surface area (Å²) in [4.78, 5) is 27.7. The van der Waals surface area contributed by atoms with Crippen molar-refractivity contribution in [2.75, 3.05) is 12.0 Å². The molecule has 1 fully saturated rings. The van der Waals surface area contributed by atoms with Crippen LogP contribution in [-0.4, -0.2) is 23.9 Å². The number of rotatable bonds is 5. The van der Waals surface area contributed by atoms with Crippen molar-refractivity contribution in [3.8, 4) is 5.75 Å². The maximum absolute atomic E-state index is 13.1. The first-order valence-corrected chi connectivity index (χ1v) is 10.1. The molecule has 1 saturated heterocycles. The molecule has 31 heavy (non-hydrogen) atoms. The zero-order valence-electron chi connectivity index (χ0n) is 17.4. The van der Waals surface area contributed by atoms with Gasteiger partial charge in [-0.3, -0.25) is 14.5 Å². The molecule has 1 aliphatic heterocycles. The summed E-state index contributed by atoms with van der Waals surface area (Å²) in [6.45, 7) is 2.06. The van der Waals surface area contributed by atoms with E-state index in [0.29, 0.717) is 17.0 Å². The predicted octanol–water partition coefficient (Wildman–Crippen LogP) is 4.88. The van der Waals surface area contributed by atoms with Crippen molar-refractivity contribution < 1.29 is 19.4 Å². The van der Waals surface area contributed by atoms with Gasteiger partial charge < -0.3 is 9.84 Å². The third kappa shape index (κ3) is 3.70. The normalized spacial score (nSPS) is 17.7. The first kappa shape index (κ1) is 20.4. The quantitative estimate of drug-likeness (QED) is 0.368. The number of hydrogen-bond acceptors (Lipinski definition) is 4. The molecule has 1 atom stereocenters. The Labute approximate surface area is 181 Å². The van der Waals surface area contributed by atoms with Crippen LogP contribution in [0, 0.1) is 0 Å². The second-order valence-electron chi connectivity index (χ2n) is 7.33. The summed E-state index contributed by atoms with van der Waals surface area (Å²) in [5, 5.41) is 11.1. The van der Waals surface area contributed by atoms with Crippen molar-refractivity contribution in [2.45, 2.75) is 19.4 Å². The van der Waals surface area contributed by atoms with Crippen molar-refractivity contribution in [1.82, 2.24) is 0 Å². The van der Waals surface area contributed by atoms with E-state index >= 15 is 0 Å². The highest BCUT2D eigenvalue weighted by Gasteiger charge is 2.46. The largest absolute Gasteiger partial charge is 0.507 e. The number of amides is 1. The summed E-state index contributed by atoms with van der Waals surface area (Å²) in [5.74, 6) is -1.06. The first-order chi connectivity index (χ1) is 15.0. The van der Waals surface area contributed by atoms with E-state index in [-0.39, 0.29) is 11.3 Å². The second kappa shape index (κ2) is 8.48. The average Bonchev–Trinajstić information content (AvgIpc) is 3.09. The number of methoxy groups -OCH3 is 1. The lowest BCUT2D eigenvalue weighted by Gasteiger charge is -2.25. The number of carbonyl (C=O) groups excluding carboxylic acids is 2. The van der Waals surface area contributed by atoms with Gasteiger partial charge in [-0.25, -0.2) is 0 Å². The van der Waals surface area contributed by atoms with Crippen LogP contribution in [0.15, 0.2) is 84.4 Å². The Balaban J connectivity index is 1.93. The topological polar surface area (TPSA) is 66.8 Å². The number of anilines is 1. The molecule has 0 radical (unpaired) electrons. The highest BCUT2D eigenvalue weighted by atomic mass is 16.5. The van der Waals surface area contributed by atoms with Gasteiger partial charge in [-0.05, 0) is 41.8 Å². The third-order valence-electron chi connectivity index (χ3n) is 5.53. The summed E-state index contributed by atoms with van der Waals surface area (Å²) < 4.78 is 5.25. The Morgan fingerprint density at radius 2 is 1.68 bits per heavy atom. The summed E-state index contributed by atoms with van der Waals surface area (Å²) in [6, 6.07) is 22.9. The number of aliphatic hydroxyl groups excluding tert-OH is 1. The van der Waals surface area contributed by atoms with Gasteiger partial charge in [0.15, 0.2) is 0 Å². The lowest BCUT2D eigenvalue weighted by Crippen LogP contribution is -2.29. The molecule has 156 valence electrons. The van der Waals surface area contributed by atoms with Gasteiger partial charge in [0.1, 0.15) is 11.5 Å². The molecule has 5 heteroatoms. The van der Waals surface area contributed by atoms with Gasteiger partial charge in [0.25, 0.3) is 11.7 Å². The molecule has 0 aromatic heterocycles. The minimum atomic E-state index is -0.737. The van der Waals surface area contributed by atoms with Crippen molar-refractivity contribution in [1.29, 1.82) is 0 Å². The molecular formula is C26H23NO4. The van der Waals surface area contributed by atoms with E-state index in [1.165, 1.54) is 12.0 Å². The zero-order valence-corrected chi connectivity index (χ0v) is 17.4. The molecule has 5 nitrogen and oxygen atoms in total. The lowest BCUT2D eigenvalue weighted by atomic mass is 9.94. The van der Waals surface area contributed by atoms with Gasteiger partial charge in [-0.2, -0.15) is 0 Å². The molecule has 0 aliphatic carbocycles. The van der Waals surface area contributed by atoms with Gasteiger partial charge in [-0.15, -0.1) is 0 Å². The van der Waals surface area contributed by atoms with E-state index < -0.39 is 17.7 Å². The molecule has 3 aromatic rings. The summed E-state index contributed by atoms with van der Waals surface area (Å²) >= 11 is 0. The van der Waals surface area contributed by atoms with E-state index in [1.807, 2.05) is 42.5 Å². The van der Waals surface area contributed by atoms with E-state index in [4.69, 9.17) is 4.74 Å². The molecule has 1 aliphatic rings. The van der Waals surface area contributed by atoms with Crippen LogP contribution in [-0.2, 0) is 16.0 Å². The van der Waals surface area contributed by atoms with Gasteiger partial charge in [-0.1, -0.05) is 61.5 Å². The molecule has 0 bridgehead atoms. The Hall–Kier alpha value is -3.86. The molecule has 1 amide bonds. The van der Waals surface area contributed by atoms with Crippen LogP contribution in [0.1, 0.15) is 29.7 Å². The van der Waals surface area contributed by atoms with Gasteiger partial charge >= 0.3 is 0 Å². The fourth-order valence-electron chi connectivity index (χ4n) is 3.86. The molecular weight excluding hydrogens is 390 g/mol. The Bertz CT molecular complexity index is 1150. The number of hydrogen-bond donors (Lipinski definition) is 1. The number of ether oxygens (including phenoxy) is 1. The van der Waals surface area contributed by atoms with Crippen LogP contribution in [0.25, 0.3) is 5.76 Å². The average molecular weight is 413 g/mol. The van der Waals surface area contributed by atoms with Crippen molar-refractivity contribution >= 4 is 23.1 Å². The first-order valence-electron chi connectivity index (χ1n) is 10.1. The monoisotopic (exact) mass is 413 g/mol. The Morgan fingerprint density at radius 1 is 0.968 bits per heavy atom. The fraction of sp³-hybridized carbons (Fsp3) is 0.154. The van der Waals surface area contributed by atoms with Crippen LogP contribution in [0.5, 0.6) is 5.75 Å². The number of benzene rings is 3. The highest BCUT2D eigenvalue weighted by molar-refractivity contribution is 6.51. The SMILES string of the molecule is CCc1ccc(C2/C(=C(/O)c3cccc(OC)c3)C(=O)C(=O)N2c2ccccc2)cc1. The lowest BCUT2D eigenvalue weighted by molar-refractivity contribution is -0.132. The van der Waals surface area contributed by atoms with E-state index in [2.05, 4.69) is 6.92 Å². The standard InChI is InChI=1S/C26H23NO4/c1-3-17-12-14-18(15-13-17)23-22(24(28)19-8-7-11-21(16-19)31-2)25(29)26(30)27(23)20-9-5-4-6-10-20/h4-16,23,28H,3H2,1-2H3/b24-22-. The van der Waals surface area contributed by atoms with E-state index in [0.717, 1.165) is 17.5 Å². The molecule has 0 spiro atoms. The van der Waals surface area contributed by atoms with Gasteiger partial charge in [0.2, 0.25) is 0 Å². The number of ketones is 1. The Morgan fingerprint density at radius 3 is 2.32 bits per heavy atom. The zero-order chi connectivity index (χ0) is 22.0. The van der Waals surface area contributed by atoms with E-state index in [9.17, 15) is 14.7 Å². The number of para-hydroxylation sites is 1. The number of carbonyl (C=O) groups is 2. The van der Waals surface area contributed by atoms with E-state index in [1.54, 1.807) is 36.4 Å². The second-order valence-corrected chi connectivity index (χ2v) is 7.33. The number of nitrogens with zero attached hydrogens (tertiary/aromatic N) is 1. The van der Waals surface area contributed by atoms with Gasteiger partial charge in [0.05, 0.1) is 18.7 Å². The number of aliphatic hydroxyl groups is 1. The molecule has 1 heterocycles. The van der Waals surface area contributed by atoms with Crippen LogP contribution in [0.2, 0.25) is 0 Å². The third-order valence-corrected chi connectivity index (χ3v) is 5.53. The van der Waals surface area contributed by atoms with Crippen LogP contribution in [0.4, 0.5) is 5.69 Å². The summed E-state index contributed by atoms with van der Waals surface area (Å²) in [5.41, 5.74) is 2.98. The van der Waals surface area contributed by atoms with Crippen LogP contribution >= 0.6 is 0 Å². The van der Waals surface area contributed by atoms with Crippen molar-refractivity contribution in [2.24, 2.45) is 0 Å². The highest BCUT2D eigenvalue weighted by Crippen LogP contribution is 2.42. The van der Waals surface area contributed by atoms with Crippen molar-refractivity contribution in [3.63, 3.8) is 0 Å². The Kier molecular flexibility index (Phi) is 5.58. The molecule has 0 saturated carbocycles. The predicted molar refractivity (Wildman–Crippen MR) is 120 cm³/mol. The maximum Gasteiger partial charge on any atom is 0.300 e. The maximum atomic E-state index is 13.1. The summed E-state index contributed by atoms with van der Waals surface area (Å²) in [6.07, 6.45) is 0.878. The fourth-order valence-corrected chi connectivity index (χ4v) is 3.86. The minimum absolute atomic E-state index is 0.0614.